The Labute approximate surface area is 189 Å². The predicted molar refractivity (Wildman–Crippen MR) is 121 cm³/mol. The number of nitrogens with zero attached hydrogens (tertiary/aromatic N) is 1. The number of anilines is 1. The van der Waals surface area contributed by atoms with Gasteiger partial charge in [-0.3, -0.25) is 9.59 Å². The van der Waals surface area contributed by atoms with Crippen LogP contribution in [0.25, 0.3) is 0 Å². The van der Waals surface area contributed by atoms with Crippen molar-refractivity contribution in [3.63, 3.8) is 0 Å². The highest BCUT2D eigenvalue weighted by molar-refractivity contribution is 6.34. The van der Waals surface area contributed by atoms with Crippen LogP contribution in [-0.2, 0) is 6.42 Å². The molecule has 0 saturated carbocycles. The number of carbonyl (C=O) groups is 2. The summed E-state index contributed by atoms with van der Waals surface area (Å²) in [5.74, 6) is 0.176. The standard InChI is InChI=1S/C23H19Cl2N3O3/c1-13-20-18(27-28-22(29)14-9-11-15(24)12-10-14)7-4-8-19(20)31-21(13)23(30)26-17-6-3-2-5-16(17)25/h2-3,5-6,9-12H,4,7-8H2,1H3,(H,26,30)(H,28,29)/b27-18+. The molecule has 0 saturated heterocycles. The highest BCUT2D eigenvalue weighted by atomic mass is 35.5. The molecule has 1 aliphatic rings. The van der Waals surface area contributed by atoms with E-state index in [1.165, 1.54) is 0 Å². The largest absolute Gasteiger partial charge is 0.455 e. The van der Waals surface area contributed by atoms with Gasteiger partial charge < -0.3 is 9.73 Å². The molecule has 1 aliphatic carbocycles. The first-order valence-corrected chi connectivity index (χ1v) is 10.5. The van der Waals surface area contributed by atoms with Crippen LogP contribution < -0.4 is 10.7 Å². The van der Waals surface area contributed by atoms with Crippen LogP contribution in [0.1, 0.15) is 50.6 Å². The van der Waals surface area contributed by atoms with Gasteiger partial charge in [0.05, 0.1) is 16.4 Å². The van der Waals surface area contributed by atoms with Crippen LogP contribution >= 0.6 is 23.2 Å². The summed E-state index contributed by atoms with van der Waals surface area (Å²) in [6.07, 6.45) is 2.17. The van der Waals surface area contributed by atoms with Gasteiger partial charge in [0.2, 0.25) is 0 Å². The molecule has 2 amide bonds. The Bertz CT molecular complexity index is 1180. The maximum atomic E-state index is 12.8. The molecule has 6 nitrogen and oxygen atoms in total. The van der Waals surface area contributed by atoms with Crippen molar-refractivity contribution in [1.82, 2.24) is 5.43 Å². The van der Waals surface area contributed by atoms with Gasteiger partial charge >= 0.3 is 0 Å². The van der Waals surface area contributed by atoms with Crippen LogP contribution in [0.4, 0.5) is 5.69 Å². The molecule has 3 aromatic rings. The minimum atomic E-state index is -0.385. The fraction of sp³-hybridized carbons (Fsp3) is 0.174. The number of aryl methyl sites for hydroxylation is 1. The van der Waals surface area contributed by atoms with Crippen LogP contribution in [0, 0.1) is 6.92 Å². The van der Waals surface area contributed by atoms with E-state index in [0.717, 1.165) is 12.0 Å². The molecular weight excluding hydrogens is 437 g/mol. The normalized spacial score (nSPS) is 14.2. The number of hydrogen-bond donors (Lipinski definition) is 2. The summed E-state index contributed by atoms with van der Waals surface area (Å²) in [5, 5.41) is 8.10. The maximum absolute atomic E-state index is 12.8. The molecule has 1 heterocycles. The van der Waals surface area contributed by atoms with E-state index in [4.69, 9.17) is 27.6 Å². The lowest BCUT2D eigenvalue weighted by molar-refractivity contribution is 0.0953. The van der Waals surface area contributed by atoms with Crippen molar-refractivity contribution in [1.29, 1.82) is 0 Å². The van der Waals surface area contributed by atoms with Crippen molar-refractivity contribution < 1.29 is 14.0 Å². The van der Waals surface area contributed by atoms with Gasteiger partial charge in [-0.25, -0.2) is 5.43 Å². The number of benzene rings is 2. The SMILES string of the molecule is Cc1c(C(=O)Nc2ccccc2Cl)oc2c1/C(=N/NC(=O)c1ccc(Cl)cc1)CCC2. The topological polar surface area (TPSA) is 83.7 Å². The fourth-order valence-corrected chi connectivity index (χ4v) is 3.83. The van der Waals surface area contributed by atoms with Crippen LogP contribution in [0.15, 0.2) is 58.0 Å². The number of hydrogen-bond acceptors (Lipinski definition) is 4. The third-order valence-electron chi connectivity index (χ3n) is 5.05. The lowest BCUT2D eigenvalue weighted by Gasteiger charge is -2.13. The Balaban J connectivity index is 1.57. The average molecular weight is 456 g/mol. The smallest absolute Gasteiger partial charge is 0.291 e. The zero-order valence-corrected chi connectivity index (χ0v) is 18.2. The summed E-state index contributed by atoms with van der Waals surface area (Å²) in [5.41, 5.74) is 5.68. The highest BCUT2D eigenvalue weighted by Crippen LogP contribution is 2.31. The first kappa shape index (κ1) is 21.2. The Hall–Kier alpha value is -3.09. The van der Waals surface area contributed by atoms with Gasteiger partial charge in [0, 0.05) is 28.1 Å². The number of fused-ring (bicyclic) bond motifs is 1. The summed E-state index contributed by atoms with van der Waals surface area (Å²) < 4.78 is 5.88. The molecule has 2 N–H and O–H groups in total. The van der Waals surface area contributed by atoms with Gasteiger partial charge in [0.1, 0.15) is 5.76 Å². The zero-order valence-electron chi connectivity index (χ0n) is 16.7. The molecule has 4 rings (SSSR count). The molecular formula is C23H19Cl2N3O3. The van der Waals surface area contributed by atoms with Crippen LogP contribution in [0.5, 0.6) is 0 Å². The average Bonchev–Trinajstić information content (AvgIpc) is 3.11. The minimum absolute atomic E-state index is 0.212. The number of hydrazone groups is 1. The summed E-state index contributed by atoms with van der Waals surface area (Å²) in [6.45, 7) is 1.81. The number of carbonyl (C=O) groups excluding carboxylic acids is 2. The monoisotopic (exact) mass is 455 g/mol. The molecule has 1 aromatic heterocycles. The molecule has 2 aromatic carbocycles. The number of amides is 2. The molecule has 0 fully saturated rings. The Morgan fingerprint density at radius 2 is 1.74 bits per heavy atom. The lowest BCUT2D eigenvalue weighted by atomic mass is 9.93. The van der Waals surface area contributed by atoms with E-state index in [9.17, 15) is 9.59 Å². The molecule has 0 atom stereocenters. The van der Waals surface area contributed by atoms with E-state index >= 15 is 0 Å². The van der Waals surface area contributed by atoms with Crippen molar-refractivity contribution in [2.75, 3.05) is 5.32 Å². The number of furan rings is 1. The van der Waals surface area contributed by atoms with Crippen molar-refractivity contribution in [2.45, 2.75) is 26.2 Å². The van der Waals surface area contributed by atoms with Crippen molar-refractivity contribution in [3.8, 4) is 0 Å². The van der Waals surface area contributed by atoms with E-state index in [2.05, 4.69) is 15.8 Å². The Kier molecular flexibility index (Phi) is 6.11. The quantitative estimate of drug-likeness (QED) is 0.500. The van der Waals surface area contributed by atoms with E-state index in [1.54, 1.807) is 48.5 Å². The highest BCUT2D eigenvalue weighted by Gasteiger charge is 2.28. The fourth-order valence-electron chi connectivity index (χ4n) is 3.52. The van der Waals surface area contributed by atoms with Gasteiger partial charge in [0.15, 0.2) is 5.76 Å². The summed E-state index contributed by atoms with van der Waals surface area (Å²) in [7, 11) is 0. The molecule has 0 spiro atoms. The molecule has 31 heavy (non-hydrogen) atoms. The van der Waals surface area contributed by atoms with Crippen molar-refractivity contribution >= 4 is 46.4 Å². The second-order valence-electron chi connectivity index (χ2n) is 7.15. The summed E-state index contributed by atoms with van der Waals surface area (Å²) in [4.78, 5) is 25.2. The van der Waals surface area contributed by atoms with Crippen LogP contribution in [0.2, 0.25) is 10.0 Å². The minimum Gasteiger partial charge on any atom is -0.455 e. The Morgan fingerprint density at radius 1 is 1.00 bits per heavy atom. The number of para-hydroxylation sites is 1. The van der Waals surface area contributed by atoms with Gasteiger partial charge in [-0.2, -0.15) is 5.10 Å². The molecule has 0 radical (unpaired) electrons. The van der Waals surface area contributed by atoms with E-state index < -0.39 is 0 Å². The van der Waals surface area contributed by atoms with Gasteiger partial charge in [-0.15, -0.1) is 0 Å². The Morgan fingerprint density at radius 3 is 2.48 bits per heavy atom. The molecule has 8 heteroatoms. The van der Waals surface area contributed by atoms with E-state index in [0.29, 0.717) is 51.2 Å². The third-order valence-corrected chi connectivity index (χ3v) is 5.63. The summed E-state index contributed by atoms with van der Waals surface area (Å²) >= 11 is 12.0. The third kappa shape index (κ3) is 4.50. The first-order chi connectivity index (χ1) is 14.9. The molecule has 0 bridgehead atoms. The van der Waals surface area contributed by atoms with Gasteiger partial charge in [-0.05, 0) is 56.2 Å². The van der Waals surface area contributed by atoms with Crippen LogP contribution in [0.3, 0.4) is 0 Å². The van der Waals surface area contributed by atoms with Gasteiger partial charge in [0.25, 0.3) is 11.8 Å². The second kappa shape index (κ2) is 8.96. The first-order valence-electron chi connectivity index (χ1n) is 9.75. The predicted octanol–water partition coefficient (Wildman–Crippen LogP) is 5.62. The van der Waals surface area contributed by atoms with Crippen molar-refractivity contribution in [3.05, 3.63) is 86.8 Å². The second-order valence-corrected chi connectivity index (χ2v) is 7.99. The van der Waals surface area contributed by atoms with E-state index in [-0.39, 0.29) is 17.6 Å². The lowest BCUT2D eigenvalue weighted by Crippen LogP contribution is -2.22. The maximum Gasteiger partial charge on any atom is 0.291 e. The van der Waals surface area contributed by atoms with E-state index in [1.807, 2.05) is 6.92 Å². The number of halogens is 2. The molecule has 0 aliphatic heterocycles. The number of rotatable bonds is 4. The van der Waals surface area contributed by atoms with Crippen LogP contribution in [-0.4, -0.2) is 17.5 Å². The molecule has 0 unspecified atom stereocenters. The summed E-state index contributed by atoms with van der Waals surface area (Å²) in [6, 6.07) is 13.5. The molecule has 158 valence electrons. The van der Waals surface area contributed by atoms with Gasteiger partial charge in [-0.1, -0.05) is 35.3 Å². The zero-order chi connectivity index (χ0) is 22.0. The number of nitrogens with one attached hydrogen (secondary N) is 2. The van der Waals surface area contributed by atoms with Crippen molar-refractivity contribution in [2.24, 2.45) is 5.10 Å².